The molecular weight excluding hydrogens is 204 g/mol. The van der Waals surface area contributed by atoms with Crippen molar-refractivity contribution in [2.75, 3.05) is 0 Å². The van der Waals surface area contributed by atoms with Crippen LogP contribution in [0.25, 0.3) is 11.1 Å². The van der Waals surface area contributed by atoms with Gasteiger partial charge in [0.25, 0.3) is 0 Å². The molecule has 0 amide bonds. The Labute approximate surface area is 105 Å². The summed E-state index contributed by atoms with van der Waals surface area (Å²) in [5, 5.41) is 0. The molecule has 0 heteroatoms. The number of hydrogen-bond acceptors (Lipinski definition) is 0. The third-order valence-electron chi connectivity index (χ3n) is 2.35. The number of allylic oxidation sites excluding steroid dienone is 2. The molecule has 0 N–H and O–H groups in total. The first kappa shape index (κ1) is 13.2. The molecule has 0 spiro atoms. The first-order valence-corrected chi connectivity index (χ1v) is 6.10. The summed E-state index contributed by atoms with van der Waals surface area (Å²) in [6.07, 6.45) is 5.34. The van der Waals surface area contributed by atoms with E-state index < -0.39 is 0 Å². The quantitative estimate of drug-likeness (QED) is 0.605. The summed E-state index contributed by atoms with van der Waals surface area (Å²) in [6.45, 7) is 4.16. The van der Waals surface area contributed by atoms with Gasteiger partial charge >= 0.3 is 0 Å². The van der Waals surface area contributed by atoms with E-state index in [0.717, 1.165) is 6.42 Å². The Morgan fingerprint density at radius 1 is 0.765 bits per heavy atom. The normalized spacial score (nSPS) is 9.76. The van der Waals surface area contributed by atoms with Gasteiger partial charge in [0, 0.05) is 0 Å². The molecule has 0 aromatic heterocycles. The fourth-order valence-corrected chi connectivity index (χ4v) is 1.50. The molecule has 0 saturated carbocycles. The van der Waals surface area contributed by atoms with Crippen molar-refractivity contribution < 1.29 is 0 Å². The van der Waals surface area contributed by atoms with E-state index in [9.17, 15) is 0 Å². The molecule has 0 saturated heterocycles. The highest BCUT2D eigenvalue weighted by Crippen LogP contribution is 2.17. The molecule has 0 heterocycles. The van der Waals surface area contributed by atoms with Crippen LogP contribution in [0.3, 0.4) is 0 Å². The molecule has 0 aliphatic rings. The molecule has 0 nitrogen and oxygen atoms in total. The van der Waals surface area contributed by atoms with E-state index in [-0.39, 0.29) is 0 Å². The summed E-state index contributed by atoms with van der Waals surface area (Å²) in [6, 6.07) is 20.8. The second-order valence-corrected chi connectivity index (χ2v) is 3.71. The van der Waals surface area contributed by atoms with Gasteiger partial charge in [-0.2, -0.15) is 0 Å². The van der Waals surface area contributed by atoms with E-state index in [0.29, 0.717) is 0 Å². The van der Waals surface area contributed by atoms with Gasteiger partial charge in [-0.3, -0.25) is 0 Å². The van der Waals surface area contributed by atoms with E-state index in [1.54, 1.807) is 0 Å². The van der Waals surface area contributed by atoms with E-state index in [1.165, 1.54) is 11.1 Å². The third kappa shape index (κ3) is 5.17. The molecule has 2 aromatic carbocycles. The molecule has 0 aliphatic heterocycles. The zero-order chi connectivity index (χ0) is 12.3. The van der Waals surface area contributed by atoms with Crippen molar-refractivity contribution in [3.8, 4) is 11.1 Å². The van der Waals surface area contributed by atoms with Gasteiger partial charge in [-0.05, 0) is 24.5 Å². The van der Waals surface area contributed by atoms with Crippen LogP contribution in [0.5, 0.6) is 0 Å². The highest BCUT2D eigenvalue weighted by Gasteiger charge is 1.91. The van der Waals surface area contributed by atoms with Gasteiger partial charge in [-0.15, -0.1) is 0 Å². The van der Waals surface area contributed by atoms with Gasteiger partial charge in [0.2, 0.25) is 0 Å². The summed E-state index contributed by atoms with van der Waals surface area (Å²) < 4.78 is 0. The fourth-order valence-electron chi connectivity index (χ4n) is 1.50. The minimum absolute atomic E-state index is 1.16. The number of hydrogen-bond donors (Lipinski definition) is 0. The summed E-state index contributed by atoms with van der Waals surface area (Å²) in [4.78, 5) is 0. The molecule has 0 unspecified atom stereocenters. The number of rotatable bonds is 2. The topological polar surface area (TPSA) is 0 Å². The van der Waals surface area contributed by atoms with Crippen LogP contribution >= 0.6 is 0 Å². The van der Waals surface area contributed by atoms with Crippen LogP contribution in [0.15, 0.2) is 72.8 Å². The fraction of sp³-hybridized carbons (Fsp3) is 0.176. The molecule has 2 rings (SSSR count). The van der Waals surface area contributed by atoms with Crippen molar-refractivity contribution in [3.05, 3.63) is 72.8 Å². The minimum Gasteiger partial charge on any atom is -0.0917 e. The second kappa shape index (κ2) is 8.35. The van der Waals surface area contributed by atoms with Crippen molar-refractivity contribution >= 4 is 0 Å². The molecule has 0 radical (unpaired) electrons. The smallest absolute Gasteiger partial charge is 0.0184 e. The summed E-state index contributed by atoms with van der Waals surface area (Å²) in [5.41, 5.74) is 2.55. The summed E-state index contributed by atoms with van der Waals surface area (Å²) >= 11 is 0. The standard InChI is InChI=1S/C12H10.C5H10/c1-3-7-11(8-4-1)12-9-5-2-6-10-12;1-3-5-4-2/h1-10H;3,5H,4H2,1-2H3/b;5-3+. The highest BCUT2D eigenvalue weighted by atomic mass is 14.0. The maximum absolute atomic E-state index is 2.12. The first-order chi connectivity index (χ1) is 8.38. The van der Waals surface area contributed by atoms with Crippen LogP contribution in [0, 0.1) is 0 Å². The Bertz CT molecular complexity index is 375. The van der Waals surface area contributed by atoms with Crippen molar-refractivity contribution in [2.45, 2.75) is 20.3 Å². The predicted molar refractivity (Wildman–Crippen MR) is 77.0 cm³/mol. The second-order valence-electron chi connectivity index (χ2n) is 3.71. The van der Waals surface area contributed by atoms with Gasteiger partial charge in [0.15, 0.2) is 0 Å². The van der Waals surface area contributed by atoms with Crippen LogP contribution < -0.4 is 0 Å². The van der Waals surface area contributed by atoms with Crippen LogP contribution in [0.4, 0.5) is 0 Å². The zero-order valence-electron chi connectivity index (χ0n) is 10.6. The molecule has 0 bridgehead atoms. The lowest BCUT2D eigenvalue weighted by atomic mass is 10.1. The Kier molecular flexibility index (Phi) is 6.50. The van der Waals surface area contributed by atoms with Gasteiger partial charge in [-0.25, -0.2) is 0 Å². The van der Waals surface area contributed by atoms with Crippen molar-refractivity contribution in [1.82, 2.24) is 0 Å². The molecular formula is C17H20. The van der Waals surface area contributed by atoms with E-state index >= 15 is 0 Å². The number of benzene rings is 2. The Morgan fingerprint density at radius 2 is 1.18 bits per heavy atom. The molecule has 0 atom stereocenters. The van der Waals surface area contributed by atoms with Gasteiger partial charge in [0.05, 0.1) is 0 Å². The summed E-state index contributed by atoms with van der Waals surface area (Å²) in [7, 11) is 0. The average molecular weight is 224 g/mol. The van der Waals surface area contributed by atoms with Gasteiger partial charge in [0.1, 0.15) is 0 Å². The van der Waals surface area contributed by atoms with E-state index in [2.05, 4.69) is 67.6 Å². The van der Waals surface area contributed by atoms with Crippen LogP contribution in [-0.4, -0.2) is 0 Å². The largest absolute Gasteiger partial charge is 0.0917 e. The van der Waals surface area contributed by atoms with Crippen molar-refractivity contribution in [3.63, 3.8) is 0 Å². The molecule has 2 aromatic rings. The van der Waals surface area contributed by atoms with Crippen LogP contribution in [0.2, 0.25) is 0 Å². The molecule has 0 fully saturated rings. The Hall–Kier alpha value is -1.82. The molecule has 88 valence electrons. The van der Waals surface area contributed by atoms with Gasteiger partial charge in [-0.1, -0.05) is 79.7 Å². The monoisotopic (exact) mass is 224 g/mol. The molecule has 17 heavy (non-hydrogen) atoms. The highest BCUT2D eigenvalue weighted by molar-refractivity contribution is 5.62. The lowest BCUT2D eigenvalue weighted by molar-refractivity contribution is 1.22. The average Bonchev–Trinajstić information content (AvgIpc) is 2.42. The van der Waals surface area contributed by atoms with E-state index in [4.69, 9.17) is 0 Å². The Balaban J connectivity index is 0.000000249. The Morgan fingerprint density at radius 3 is 1.41 bits per heavy atom. The van der Waals surface area contributed by atoms with E-state index in [1.807, 2.05) is 19.1 Å². The van der Waals surface area contributed by atoms with Crippen LogP contribution in [-0.2, 0) is 0 Å². The minimum atomic E-state index is 1.16. The lowest BCUT2D eigenvalue weighted by Crippen LogP contribution is -1.73. The maximum atomic E-state index is 2.12. The predicted octanol–water partition coefficient (Wildman–Crippen LogP) is 5.33. The van der Waals surface area contributed by atoms with Gasteiger partial charge < -0.3 is 0 Å². The van der Waals surface area contributed by atoms with Crippen LogP contribution in [0.1, 0.15) is 20.3 Å². The molecule has 0 aliphatic carbocycles. The first-order valence-electron chi connectivity index (χ1n) is 6.10. The third-order valence-corrected chi connectivity index (χ3v) is 2.35. The zero-order valence-corrected chi connectivity index (χ0v) is 10.6. The summed E-state index contributed by atoms with van der Waals surface area (Å²) in [5.74, 6) is 0. The van der Waals surface area contributed by atoms with Crippen molar-refractivity contribution in [1.29, 1.82) is 0 Å². The SMILES string of the molecule is C/C=C/CC.c1ccc(-c2ccccc2)cc1. The van der Waals surface area contributed by atoms with Crippen molar-refractivity contribution in [2.24, 2.45) is 0 Å². The lowest BCUT2D eigenvalue weighted by Gasteiger charge is -1.98. The maximum Gasteiger partial charge on any atom is -0.0184 e.